The number of ether oxygens (including phenoxy) is 1. The summed E-state index contributed by atoms with van der Waals surface area (Å²) in [7, 11) is -3.77. The van der Waals surface area contributed by atoms with Crippen LogP contribution in [0.2, 0.25) is 0 Å². The molecule has 2 N–H and O–H groups in total. The van der Waals surface area contributed by atoms with Crippen LogP contribution in [0.15, 0.2) is 53.4 Å². The zero-order chi connectivity index (χ0) is 23.8. The summed E-state index contributed by atoms with van der Waals surface area (Å²) in [5.74, 6) is -0.946. The first-order valence-corrected chi connectivity index (χ1v) is 13.2. The third kappa shape index (κ3) is 6.76. The second-order valence-electron chi connectivity index (χ2n) is 7.35. The highest BCUT2D eigenvalue weighted by Crippen LogP contribution is 2.19. The molecular formula is C22H26FN3O5S2. The van der Waals surface area contributed by atoms with Gasteiger partial charge in [0.15, 0.2) is 0 Å². The van der Waals surface area contributed by atoms with Crippen molar-refractivity contribution < 1.29 is 27.1 Å². The summed E-state index contributed by atoms with van der Waals surface area (Å²) in [5.41, 5.74) is 0.402. The number of carbonyl (C=O) groups is 2. The molecule has 0 radical (unpaired) electrons. The van der Waals surface area contributed by atoms with Crippen LogP contribution in [0.3, 0.4) is 0 Å². The van der Waals surface area contributed by atoms with E-state index >= 15 is 0 Å². The average molecular weight is 496 g/mol. The van der Waals surface area contributed by atoms with E-state index in [0.29, 0.717) is 25.4 Å². The Labute approximate surface area is 196 Å². The van der Waals surface area contributed by atoms with Crippen molar-refractivity contribution in [2.24, 2.45) is 0 Å². The lowest BCUT2D eigenvalue weighted by atomic mass is 10.1. The number of morpholine rings is 1. The number of amides is 2. The zero-order valence-corrected chi connectivity index (χ0v) is 19.8. The predicted molar refractivity (Wildman–Crippen MR) is 125 cm³/mol. The molecule has 2 aromatic carbocycles. The number of anilines is 1. The highest BCUT2D eigenvalue weighted by Gasteiger charge is 2.27. The maximum Gasteiger partial charge on any atom is 0.251 e. The topological polar surface area (TPSA) is 105 Å². The van der Waals surface area contributed by atoms with Gasteiger partial charge in [0.1, 0.15) is 11.9 Å². The molecule has 3 rings (SSSR count). The van der Waals surface area contributed by atoms with Crippen LogP contribution >= 0.6 is 11.8 Å². The summed E-state index contributed by atoms with van der Waals surface area (Å²) in [6.07, 6.45) is 2.23. The molecule has 2 aromatic rings. The lowest BCUT2D eigenvalue weighted by molar-refractivity contribution is -0.118. The molecule has 1 heterocycles. The minimum atomic E-state index is -3.77. The van der Waals surface area contributed by atoms with Crippen LogP contribution in [0.1, 0.15) is 16.8 Å². The number of carbonyl (C=O) groups excluding carboxylic acids is 2. The fourth-order valence-electron chi connectivity index (χ4n) is 3.28. The number of nitrogens with one attached hydrogen (secondary N) is 2. The second kappa shape index (κ2) is 11.6. The molecule has 1 atom stereocenters. The molecule has 8 nitrogen and oxygen atoms in total. The van der Waals surface area contributed by atoms with E-state index in [-0.39, 0.29) is 29.2 Å². The maximum atomic E-state index is 13.4. The fraction of sp³-hybridized carbons (Fsp3) is 0.364. The molecule has 1 fully saturated rings. The van der Waals surface area contributed by atoms with E-state index in [0.717, 1.165) is 0 Å². The number of hydrogen-bond donors (Lipinski definition) is 2. The molecule has 0 aromatic heterocycles. The molecular weight excluding hydrogens is 469 g/mol. The summed E-state index contributed by atoms with van der Waals surface area (Å²) < 4.78 is 45.8. The first-order chi connectivity index (χ1) is 15.8. The van der Waals surface area contributed by atoms with Crippen LogP contribution in [0, 0.1) is 5.82 Å². The first-order valence-electron chi connectivity index (χ1n) is 10.4. The molecule has 0 unspecified atom stereocenters. The monoisotopic (exact) mass is 495 g/mol. The third-order valence-corrected chi connectivity index (χ3v) is 7.57. The van der Waals surface area contributed by atoms with Gasteiger partial charge in [0.25, 0.3) is 5.91 Å². The Morgan fingerprint density at radius 1 is 1.15 bits per heavy atom. The Kier molecular flexibility index (Phi) is 8.84. The molecule has 11 heteroatoms. The quantitative estimate of drug-likeness (QED) is 0.553. The van der Waals surface area contributed by atoms with Gasteiger partial charge in [-0.05, 0) is 54.8 Å². The third-order valence-electron chi connectivity index (χ3n) is 5.03. The summed E-state index contributed by atoms with van der Waals surface area (Å²) in [4.78, 5) is 25.7. The Balaban J connectivity index is 1.75. The largest absolute Gasteiger partial charge is 0.379 e. The van der Waals surface area contributed by atoms with Crippen molar-refractivity contribution in [3.8, 4) is 0 Å². The summed E-state index contributed by atoms with van der Waals surface area (Å²) >= 11 is 1.51. The average Bonchev–Trinajstić information content (AvgIpc) is 2.82. The van der Waals surface area contributed by atoms with Crippen molar-refractivity contribution in [3.05, 3.63) is 59.9 Å². The predicted octanol–water partition coefficient (Wildman–Crippen LogP) is 2.34. The van der Waals surface area contributed by atoms with E-state index in [1.807, 2.05) is 6.26 Å². The van der Waals surface area contributed by atoms with Gasteiger partial charge in [-0.3, -0.25) is 9.59 Å². The first kappa shape index (κ1) is 25.2. The molecule has 1 saturated heterocycles. The number of nitrogens with zero attached hydrogens (tertiary/aromatic N) is 1. The van der Waals surface area contributed by atoms with Crippen molar-refractivity contribution in [2.45, 2.75) is 17.4 Å². The van der Waals surface area contributed by atoms with Crippen LogP contribution in [0.4, 0.5) is 10.1 Å². The zero-order valence-electron chi connectivity index (χ0n) is 18.1. The van der Waals surface area contributed by atoms with Gasteiger partial charge in [0.05, 0.1) is 18.1 Å². The Morgan fingerprint density at radius 3 is 2.58 bits per heavy atom. The molecule has 1 aliphatic heterocycles. The normalized spacial score (nSPS) is 15.6. The smallest absolute Gasteiger partial charge is 0.251 e. The minimum Gasteiger partial charge on any atom is -0.379 e. The molecule has 0 saturated carbocycles. The molecule has 178 valence electrons. The molecule has 2 amide bonds. The van der Waals surface area contributed by atoms with Crippen molar-refractivity contribution >= 4 is 39.3 Å². The van der Waals surface area contributed by atoms with Gasteiger partial charge in [-0.2, -0.15) is 16.1 Å². The van der Waals surface area contributed by atoms with E-state index in [1.165, 1.54) is 58.5 Å². The molecule has 33 heavy (non-hydrogen) atoms. The van der Waals surface area contributed by atoms with Gasteiger partial charge in [-0.25, -0.2) is 12.8 Å². The number of benzene rings is 2. The van der Waals surface area contributed by atoms with E-state index in [4.69, 9.17) is 4.74 Å². The standard InChI is InChI=1S/C22H26FN3O5S2/c1-32-13-8-20(22(28)24-18-6-3-5-17(23)15-18)25-21(27)16-4-2-7-19(14-16)33(29,30)26-9-11-31-12-10-26/h2-7,14-15,20H,8-13H2,1H3,(H,24,28)(H,25,27)/t20-/m1/s1. The summed E-state index contributed by atoms with van der Waals surface area (Å²) in [6, 6.07) is 10.3. The Bertz CT molecular complexity index is 1090. The van der Waals surface area contributed by atoms with Crippen molar-refractivity contribution in [3.63, 3.8) is 0 Å². The molecule has 0 bridgehead atoms. The lowest BCUT2D eigenvalue weighted by Crippen LogP contribution is -2.44. The van der Waals surface area contributed by atoms with E-state index in [1.54, 1.807) is 6.07 Å². The van der Waals surface area contributed by atoms with Gasteiger partial charge in [-0.1, -0.05) is 12.1 Å². The van der Waals surface area contributed by atoms with Gasteiger partial charge >= 0.3 is 0 Å². The summed E-state index contributed by atoms with van der Waals surface area (Å²) in [5, 5.41) is 5.28. The number of sulfonamides is 1. The number of hydrogen-bond acceptors (Lipinski definition) is 6. The second-order valence-corrected chi connectivity index (χ2v) is 10.3. The number of halogens is 1. The van der Waals surface area contributed by atoms with Crippen LogP contribution in [-0.4, -0.2) is 68.9 Å². The summed E-state index contributed by atoms with van der Waals surface area (Å²) in [6.45, 7) is 1.12. The van der Waals surface area contributed by atoms with Gasteiger partial charge in [0.2, 0.25) is 15.9 Å². The van der Waals surface area contributed by atoms with Crippen LogP contribution < -0.4 is 10.6 Å². The number of rotatable bonds is 9. The highest BCUT2D eigenvalue weighted by atomic mass is 32.2. The maximum absolute atomic E-state index is 13.4. The van der Waals surface area contributed by atoms with Gasteiger partial charge in [-0.15, -0.1) is 0 Å². The highest BCUT2D eigenvalue weighted by molar-refractivity contribution is 7.98. The molecule has 1 aliphatic rings. The van der Waals surface area contributed by atoms with Crippen molar-refractivity contribution in [2.75, 3.05) is 43.6 Å². The van der Waals surface area contributed by atoms with Crippen LogP contribution in [0.25, 0.3) is 0 Å². The van der Waals surface area contributed by atoms with E-state index < -0.39 is 33.7 Å². The molecule has 0 aliphatic carbocycles. The van der Waals surface area contributed by atoms with E-state index in [9.17, 15) is 22.4 Å². The lowest BCUT2D eigenvalue weighted by Gasteiger charge is -2.26. The Morgan fingerprint density at radius 2 is 1.88 bits per heavy atom. The minimum absolute atomic E-state index is 0.00178. The van der Waals surface area contributed by atoms with Crippen LogP contribution in [0.5, 0.6) is 0 Å². The SMILES string of the molecule is CSCC[C@@H](NC(=O)c1cccc(S(=O)(=O)N2CCOCC2)c1)C(=O)Nc1cccc(F)c1. The van der Waals surface area contributed by atoms with Crippen LogP contribution in [-0.2, 0) is 19.6 Å². The molecule has 0 spiro atoms. The Hall–Kier alpha value is -2.47. The number of thioether (sulfide) groups is 1. The van der Waals surface area contributed by atoms with E-state index in [2.05, 4.69) is 10.6 Å². The van der Waals surface area contributed by atoms with Crippen molar-refractivity contribution in [1.29, 1.82) is 0 Å². The fourth-order valence-corrected chi connectivity index (χ4v) is 5.20. The van der Waals surface area contributed by atoms with Gasteiger partial charge < -0.3 is 15.4 Å². The van der Waals surface area contributed by atoms with Gasteiger partial charge in [0, 0.05) is 24.3 Å². The van der Waals surface area contributed by atoms with Crippen molar-refractivity contribution in [1.82, 2.24) is 9.62 Å².